The van der Waals surface area contributed by atoms with Crippen LogP contribution in [0.25, 0.3) is 22.0 Å². The first-order valence-corrected chi connectivity index (χ1v) is 5.50. The fraction of sp³-hybridized carbons (Fsp3) is 0. The molecule has 78 valence electrons. The zero-order chi connectivity index (χ0) is 11.0. The number of hydrogen-bond acceptors (Lipinski definition) is 5. The van der Waals surface area contributed by atoms with Crippen molar-refractivity contribution in [1.82, 2.24) is 13.7 Å². The molecular formula is C11H8N4S. The Labute approximate surface area is 96.1 Å². The van der Waals surface area contributed by atoms with Crippen molar-refractivity contribution in [3.8, 4) is 11.3 Å². The molecule has 2 heterocycles. The van der Waals surface area contributed by atoms with Crippen molar-refractivity contribution in [1.29, 1.82) is 0 Å². The van der Waals surface area contributed by atoms with E-state index in [9.17, 15) is 0 Å². The molecule has 16 heavy (non-hydrogen) atoms. The highest BCUT2D eigenvalue weighted by Gasteiger charge is 2.10. The average molecular weight is 228 g/mol. The molecule has 4 nitrogen and oxygen atoms in total. The second-order valence-corrected chi connectivity index (χ2v) is 3.93. The monoisotopic (exact) mass is 228 g/mol. The quantitative estimate of drug-likeness (QED) is 0.694. The average Bonchev–Trinajstić information content (AvgIpc) is 2.75. The molecule has 0 atom stereocenters. The number of nitrogens with zero attached hydrogens (tertiary/aromatic N) is 3. The van der Waals surface area contributed by atoms with Crippen molar-refractivity contribution < 1.29 is 0 Å². The zero-order valence-corrected chi connectivity index (χ0v) is 9.11. The van der Waals surface area contributed by atoms with Crippen LogP contribution in [-0.2, 0) is 0 Å². The lowest BCUT2D eigenvalue weighted by Gasteiger charge is -2.03. The van der Waals surface area contributed by atoms with Crippen LogP contribution in [0.1, 0.15) is 0 Å². The number of rotatable bonds is 1. The number of nitrogens with two attached hydrogens (primary N) is 1. The number of anilines is 1. The summed E-state index contributed by atoms with van der Waals surface area (Å²) >= 11 is 1.13. The van der Waals surface area contributed by atoms with Gasteiger partial charge in [-0.05, 0) is 11.5 Å². The summed E-state index contributed by atoms with van der Waals surface area (Å²) in [6.45, 7) is 0. The highest BCUT2D eigenvalue weighted by molar-refractivity contribution is 6.99. The Morgan fingerprint density at radius 2 is 2.06 bits per heavy atom. The van der Waals surface area contributed by atoms with Crippen LogP contribution < -0.4 is 5.73 Å². The van der Waals surface area contributed by atoms with Gasteiger partial charge >= 0.3 is 0 Å². The van der Waals surface area contributed by atoms with Crippen molar-refractivity contribution in [3.63, 3.8) is 0 Å². The van der Waals surface area contributed by atoms with E-state index in [1.54, 1.807) is 6.20 Å². The summed E-state index contributed by atoms with van der Waals surface area (Å²) in [5, 5.41) is 2.17. The fourth-order valence-electron chi connectivity index (χ4n) is 1.71. The van der Waals surface area contributed by atoms with Gasteiger partial charge in [-0.1, -0.05) is 18.2 Å². The molecule has 0 unspecified atom stereocenters. The standard InChI is InChI=1S/C11H8N4S/c12-11-10(14-16-15-11)9-3-1-2-7-6-13-5-4-8(7)9/h1-6H,(H2,12,15). The second kappa shape index (κ2) is 3.53. The summed E-state index contributed by atoms with van der Waals surface area (Å²) in [4.78, 5) is 4.09. The van der Waals surface area contributed by atoms with Crippen molar-refractivity contribution in [2.45, 2.75) is 0 Å². The summed E-state index contributed by atoms with van der Waals surface area (Å²) in [6, 6.07) is 7.94. The minimum Gasteiger partial charge on any atom is -0.381 e. The van der Waals surface area contributed by atoms with Gasteiger partial charge < -0.3 is 5.73 Å². The minimum atomic E-state index is 0.481. The number of aromatic nitrogens is 3. The van der Waals surface area contributed by atoms with E-state index in [0.29, 0.717) is 5.82 Å². The highest BCUT2D eigenvalue weighted by Crippen LogP contribution is 2.30. The lowest BCUT2D eigenvalue weighted by atomic mass is 10.0. The molecule has 0 amide bonds. The van der Waals surface area contributed by atoms with Crippen molar-refractivity contribution in [3.05, 3.63) is 36.7 Å². The molecule has 0 aliphatic carbocycles. The summed E-state index contributed by atoms with van der Waals surface area (Å²) < 4.78 is 8.21. The molecule has 0 aliphatic rings. The number of benzene rings is 1. The molecular weight excluding hydrogens is 220 g/mol. The Morgan fingerprint density at radius 3 is 2.88 bits per heavy atom. The maximum absolute atomic E-state index is 5.78. The predicted molar refractivity (Wildman–Crippen MR) is 65.1 cm³/mol. The van der Waals surface area contributed by atoms with E-state index in [1.807, 2.05) is 30.5 Å². The lowest BCUT2D eigenvalue weighted by molar-refractivity contribution is 1.36. The first kappa shape index (κ1) is 9.23. The third-order valence-electron chi connectivity index (χ3n) is 2.45. The van der Waals surface area contributed by atoms with Crippen molar-refractivity contribution in [2.24, 2.45) is 0 Å². The Hall–Kier alpha value is -2.01. The van der Waals surface area contributed by atoms with E-state index in [0.717, 1.165) is 33.8 Å². The van der Waals surface area contributed by atoms with Crippen molar-refractivity contribution >= 4 is 28.3 Å². The SMILES string of the molecule is Nc1nsnc1-c1cccc2cnccc12. The maximum Gasteiger partial charge on any atom is 0.165 e. The van der Waals surface area contributed by atoms with Gasteiger partial charge in [-0.15, -0.1) is 0 Å². The van der Waals surface area contributed by atoms with Crippen LogP contribution in [0.4, 0.5) is 5.82 Å². The number of fused-ring (bicyclic) bond motifs is 1. The normalized spacial score (nSPS) is 10.8. The van der Waals surface area contributed by atoms with Crippen LogP contribution >= 0.6 is 11.7 Å². The fourth-order valence-corrected chi connectivity index (χ4v) is 2.20. The summed E-state index contributed by atoms with van der Waals surface area (Å²) in [7, 11) is 0. The molecule has 2 aromatic heterocycles. The molecule has 2 N–H and O–H groups in total. The first-order valence-electron chi connectivity index (χ1n) is 4.77. The molecule has 0 aliphatic heterocycles. The lowest BCUT2D eigenvalue weighted by Crippen LogP contribution is -1.89. The second-order valence-electron chi connectivity index (χ2n) is 3.40. The summed E-state index contributed by atoms with van der Waals surface area (Å²) in [5.74, 6) is 0.481. The molecule has 0 spiro atoms. The minimum absolute atomic E-state index is 0.481. The molecule has 0 radical (unpaired) electrons. The zero-order valence-electron chi connectivity index (χ0n) is 8.29. The number of pyridine rings is 1. The smallest absolute Gasteiger partial charge is 0.165 e. The third kappa shape index (κ3) is 1.33. The highest BCUT2D eigenvalue weighted by atomic mass is 32.1. The summed E-state index contributed by atoms with van der Waals surface area (Å²) in [5.41, 5.74) is 7.54. The molecule has 0 bridgehead atoms. The van der Waals surface area contributed by atoms with Gasteiger partial charge in [0.05, 0.1) is 11.7 Å². The van der Waals surface area contributed by atoms with Gasteiger partial charge in [-0.3, -0.25) is 4.98 Å². The van der Waals surface area contributed by atoms with Gasteiger partial charge in [0.1, 0.15) is 5.69 Å². The molecule has 1 aromatic carbocycles. The van der Waals surface area contributed by atoms with Gasteiger partial charge in [-0.2, -0.15) is 8.75 Å². The van der Waals surface area contributed by atoms with Gasteiger partial charge in [0.2, 0.25) is 0 Å². The Bertz CT molecular complexity index is 642. The van der Waals surface area contributed by atoms with Crippen LogP contribution in [0, 0.1) is 0 Å². The van der Waals surface area contributed by atoms with E-state index < -0.39 is 0 Å². The van der Waals surface area contributed by atoms with E-state index in [2.05, 4.69) is 13.7 Å². The van der Waals surface area contributed by atoms with E-state index in [4.69, 9.17) is 5.73 Å². The number of nitrogen functional groups attached to an aromatic ring is 1. The number of hydrogen-bond donors (Lipinski definition) is 1. The summed E-state index contributed by atoms with van der Waals surface area (Å²) in [6.07, 6.45) is 3.59. The van der Waals surface area contributed by atoms with Crippen LogP contribution in [0.5, 0.6) is 0 Å². The van der Waals surface area contributed by atoms with E-state index >= 15 is 0 Å². The van der Waals surface area contributed by atoms with Gasteiger partial charge in [0.25, 0.3) is 0 Å². The van der Waals surface area contributed by atoms with Gasteiger partial charge in [0, 0.05) is 23.3 Å². The molecule has 3 aromatic rings. The molecule has 5 heteroatoms. The molecule has 0 saturated carbocycles. The predicted octanol–water partition coefficient (Wildman–Crippen LogP) is 2.34. The maximum atomic E-state index is 5.78. The first-order chi connectivity index (χ1) is 7.86. The van der Waals surface area contributed by atoms with E-state index in [-0.39, 0.29) is 0 Å². The largest absolute Gasteiger partial charge is 0.381 e. The van der Waals surface area contributed by atoms with Gasteiger partial charge in [-0.25, -0.2) is 0 Å². The van der Waals surface area contributed by atoms with Crippen LogP contribution in [0.3, 0.4) is 0 Å². The van der Waals surface area contributed by atoms with Crippen LogP contribution in [0.15, 0.2) is 36.7 Å². The Morgan fingerprint density at radius 1 is 1.12 bits per heavy atom. The van der Waals surface area contributed by atoms with Crippen LogP contribution in [-0.4, -0.2) is 13.7 Å². The Balaban J connectivity index is 2.36. The van der Waals surface area contributed by atoms with Gasteiger partial charge in [0.15, 0.2) is 5.82 Å². The third-order valence-corrected chi connectivity index (χ3v) is 2.99. The van der Waals surface area contributed by atoms with Crippen molar-refractivity contribution in [2.75, 3.05) is 5.73 Å². The molecule has 0 fully saturated rings. The molecule has 0 saturated heterocycles. The molecule has 3 rings (SSSR count). The van der Waals surface area contributed by atoms with E-state index in [1.165, 1.54) is 0 Å². The Kier molecular flexibility index (Phi) is 2.04. The topological polar surface area (TPSA) is 64.7 Å². The van der Waals surface area contributed by atoms with Crippen LogP contribution in [0.2, 0.25) is 0 Å².